The lowest BCUT2D eigenvalue weighted by molar-refractivity contribution is 0.128. The number of rotatable bonds is 4. The third-order valence-electron chi connectivity index (χ3n) is 1.57. The van der Waals surface area contributed by atoms with Crippen LogP contribution in [0.5, 0.6) is 0 Å². The zero-order valence-corrected chi connectivity index (χ0v) is 7.48. The van der Waals surface area contributed by atoms with Crippen LogP contribution in [0.1, 0.15) is 6.92 Å². The maximum absolute atomic E-state index is 5.05. The smallest absolute Gasteiger partial charge is 0.242 e. The maximum atomic E-state index is 5.05. The first kappa shape index (κ1) is 8.92. The van der Waals surface area contributed by atoms with E-state index in [0.29, 0.717) is 12.5 Å². The lowest BCUT2D eigenvalue weighted by Crippen LogP contribution is -2.19. The largest absolute Gasteiger partial charge is 0.380 e. The molecule has 0 bridgehead atoms. The number of nitrogens with one attached hydrogen (secondary N) is 1. The molecular formula is C6H13N5O. The summed E-state index contributed by atoms with van der Waals surface area (Å²) >= 11 is 0. The van der Waals surface area contributed by atoms with Gasteiger partial charge in [-0.3, -0.25) is 0 Å². The van der Waals surface area contributed by atoms with Crippen molar-refractivity contribution >= 4 is 5.95 Å². The summed E-state index contributed by atoms with van der Waals surface area (Å²) in [6, 6.07) is 0. The molecule has 0 aromatic carbocycles. The average molecular weight is 171 g/mol. The molecule has 1 heterocycles. The van der Waals surface area contributed by atoms with Crippen LogP contribution < -0.4 is 5.32 Å². The SMILES string of the molecule is COC(C)CNc1nnnn1C. The topological polar surface area (TPSA) is 64.9 Å². The van der Waals surface area contributed by atoms with Gasteiger partial charge in [0.1, 0.15) is 0 Å². The lowest BCUT2D eigenvalue weighted by atomic mass is 10.4. The zero-order chi connectivity index (χ0) is 8.97. The molecule has 12 heavy (non-hydrogen) atoms. The molecule has 0 saturated carbocycles. The summed E-state index contributed by atoms with van der Waals surface area (Å²) in [7, 11) is 3.45. The lowest BCUT2D eigenvalue weighted by Gasteiger charge is -2.09. The molecule has 1 N–H and O–H groups in total. The number of aryl methyl sites for hydroxylation is 1. The molecule has 1 rings (SSSR count). The van der Waals surface area contributed by atoms with E-state index in [9.17, 15) is 0 Å². The Balaban J connectivity index is 2.38. The van der Waals surface area contributed by atoms with Gasteiger partial charge in [0.2, 0.25) is 5.95 Å². The number of tetrazole rings is 1. The Hall–Kier alpha value is -1.17. The molecule has 0 saturated heterocycles. The summed E-state index contributed by atoms with van der Waals surface area (Å²) in [5.74, 6) is 0.652. The summed E-state index contributed by atoms with van der Waals surface area (Å²) in [5.41, 5.74) is 0. The predicted molar refractivity (Wildman–Crippen MR) is 43.8 cm³/mol. The average Bonchev–Trinajstić information content (AvgIpc) is 2.47. The molecule has 0 aliphatic heterocycles. The van der Waals surface area contributed by atoms with Crippen LogP contribution in [-0.4, -0.2) is 40.0 Å². The predicted octanol–water partition coefficient (Wildman–Crippen LogP) is -0.343. The fourth-order valence-electron chi connectivity index (χ4n) is 0.698. The van der Waals surface area contributed by atoms with Gasteiger partial charge in [0.15, 0.2) is 0 Å². The third-order valence-corrected chi connectivity index (χ3v) is 1.57. The van der Waals surface area contributed by atoms with Crippen LogP contribution in [0.25, 0.3) is 0 Å². The second kappa shape index (κ2) is 4.01. The number of anilines is 1. The van der Waals surface area contributed by atoms with E-state index in [-0.39, 0.29) is 6.10 Å². The van der Waals surface area contributed by atoms with Crippen LogP contribution in [0.3, 0.4) is 0 Å². The van der Waals surface area contributed by atoms with E-state index in [1.165, 1.54) is 0 Å². The van der Waals surface area contributed by atoms with Gasteiger partial charge in [0.25, 0.3) is 0 Å². The standard InChI is InChI=1S/C6H13N5O/c1-5(12-3)4-7-6-8-9-10-11(6)2/h5H,4H2,1-3H3,(H,7,8,10). The molecule has 0 fully saturated rings. The van der Waals surface area contributed by atoms with Crippen molar-refractivity contribution in [2.24, 2.45) is 7.05 Å². The minimum Gasteiger partial charge on any atom is -0.380 e. The van der Waals surface area contributed by atoms with Crippen LogP contribution in [-0.2, 0) is 11.8 Å². The van der Waals surface area contributed by atoms with E-state index >= 15 is 0 Å². The van der Waals surface area contributed by atoms with Gasteiger partial charge in [-0.05, 0) is 17.4 Å². The third kappa shape index (κ3) is 2.16. The van der Waals surface area contributed by atoms with Gasteiger partial charge in [-0.1, -0.05) is 5.10 Å². The maximum Gasteiger partial charge on any atom is 0.242 e. The minimum atomic E-state index is 0.154. The summed E-state index contributed by atoms with van der Waals surface area (Å²) < 4.78 is 6.62. The van der Waals surface area contributed by atoms with Crippen LogP contribution in [0.15, 0.2) is 0 Å². The van der Waals surface area contributed by atoms with Crippen molar-refractivity contribution in [2.75, 3.05) is 19.0 Å². The highest BCUT2D eigenvalue weighted by Crippen LogP contribution is 1.96. The van der Waals surface area contributed by atoms with Crippen molar-refractivity contribution in [3.63, 3.8) is 0 Å². The number of nitrogens with zero attached hydrogens (tertiary/aromatic N) is 4. The van der Waals surface area contributed by atoms with E-state index in [2.05, 4.69) is 20.8 Å². The van der Waals surface area contributed by atoms with Crippen LogP contribution in [0.2, 0.25) is 0 Å². The van der Waals surface area contributed by atoms with Gasteiger partial charge in [0, 0.05) is 20.7 Å². The van der Waals surface area contributed by atoms with Crippen molar-refractivity contribution in [3.05, 3.63) is 0 Å². The molecule has 6 nitrogen and oxygen atoms in total. The summed E-state index contributed by atoms with van der Waals surface area (Å²) in [4.78, 5) is 0. The first-order chi connectivity index (χ1) is 5.74. The van der Waals surface area contributed by atoms with Crippen molar-refractivity contribution < 1.29 is 4.74 Å². The molecule has 6 heteroatoms. The Morgan fingerprint density at radius 2 is 2.42 bits per heavy atom. The van der Waals surface area contributed by atoms with Gasteiger partial charge >= 0.3 is 0 Å². The first-order valence-corrected chi connectivity index (χ1v) is 3.73. The van der Waals surface area contributed by atoms with Crippen LogP contribution >= 0.6 is 0 Å². The molecule has 1 aromatic heterocycles. The van der Waals surface area contributed by atoms with Crippen LogP contribution in [0.4, 0.5) is 5.95 Å². The number of aromatic nitrogens is 4. The van der Waals surface area contributed by atoms with Gasteiger partial charge < -0.3 is 10.1 Å². The van der Waals surface area contributed by atoms with Crippen molar-refractivity contribution in [3.8, 4) is 0 Å². The molecule has 0 aliphatic rings. The zero-order valence-electron chi connectivity index (χ0n) is 7.48. The second-order valence-corrected chi connectivity index (χ2v) is 2.55. The molecule has 0 amide bonds. The van der Waals surface area contributed by atoms with Gasteiger partial charge in [-0.25, -0.2) is 4.68 Å². The molecule has 0 aliphatic carbocycles. The molecular weight excluding hydrogens is 158 g/mol. The Morgan fingerprint density at radius 1 is 1.67 bits per heavy atom. The molecule has 68 valence electrons. The van der Waals surface area contributed by atoms with E-state index in [1.807, 2.05) is 6.92 Å². The van der Waals surface area contributed by atoms with Crippen molar-refractivity contribution in [1.29, 1.82) is 0 Å². The van der Waals surface area contributed by atoms with Gasteiger partial charge in [0.05, 0.1) is 6.10 Å². The molecule has 1 aromatic rings. The van der Waals surface area contributed by atoms with E-state index in [1.54, 1.807) is 18.8 Å². The minimum absolute atomic E-state index is 0.154. The Kier molecular flexibility index (Phi) is 2.98. The van der Waals surface area contributed by atoms with Crippen molar-refractivity contribution in [2.45, 2.75) is 13.0 Å². The molecule has 0 spiro atoms. The highest BCUT2D eigenvalue weighted by atomic mass is 16.5. The second-order valence-electron chi connectivity index (χ2n) is 2.55. The fraction of sp³-hybridized carbons (Fsp3) is 0.833. The fourth-order valence-corrected chi connectivity index (χ4v) is 0.698. The highest BCUT2D eigenvalue weighted by Gasteiger charge is 2.03. The quantitative estimate of drug-likeness (QED) is 0.671. The van der Waals surface area contributed by atoms with Gasteiger partial charge in [-0.2, -0.15) is 0 Å². The number of ether oxygens (including phenoxy) is 1. The number of hydrogen-bond donors (Lipinski definition) is 1. The van der Waals surface area contributed by atoms with E-state index in [0.717, 1.165) is 0 Å². The number of hydrogen-bond acceptors (Lipinski definition) is 5. The molecule has 1 atom stereocenters. The van der Waals surface area contributed by atoms with Crippen LogP contribution in [0, 0.1) is 0 Å². The van der Waals surface area contributed by atoms with E-state index < -0.39 is 0 Å². The summed E-state index contributed by atoms with van der Waals surface area (Å²) in [6.45, 7) is 2.67. The summed E-state index contributed by atoms with van der Waals surface area (Å²) in [5, 5.41) is 14.0. The molecule has 0 radical (unpaired) electrons. The monoisotopic (exact) mass is 171 g/mol. The normalized spacial score (nSPS) is 12.9. The Bertz CT molecular complexity index is 236. The summed E-state index contributed by atoms with van der Waals surface area (Å²) in [6.07, 6.45) is 0.154. The van der Waals surface area contributed by atoms with Crippen molar-refractivity contribution in [1.82, 2.24) is 20.2 Å². The highest BCUT2D eigenvalue weighted by molar-refractivity contribution is 5.20. The van der Waals surface area contributed by atoms with E-state index in [4.69, 9.17) is 4.74 Å². The molecule has 1 unspecified atom stereocenters. The number of methoxy groups -OCH3 is 1. The Labute approximate surface area is 70.9 Å². The first-order valence-electron chi connectivity index (χ1n) is 3.73. The van der Waals surface area contributed by atoms with Gasteiger partial charge in [-0.15, -0.1) is 0 Å². The Morgan fingerprint density at radius 3 is 2.92 bits per heavy atom.